The number of hydrogen-bond acceptors (Lipinski definition) is 1. The zero-order valence-corrected chi connectivity index (χ0v) is 35.2. The zero-order chi connectivity index (χ0) is 41.3. The van der Waals surface area contributed by atoms with E-state index in [9.17, 15) is 0 Å². The van der Waals surface area contributed by atoms with Crippen molar-refractivity contribution in [3.05, 3.63) is 235 Å². The van der Waals surface area contributed by atoms with E-state index in [4.69, 9.17) is 0 Å². The summed E-state index contributed by atoms with van der Waals surface area (Å²) in [4.78, 5) is 2.46. The number of rotatable bonds is 7. The monoisotopic (exact) mass is 781 g/mol. The Morgan fingerprint density at radius 2 is 0.508 bits per heavy atom. The highest BCUT2D eigenvalue weighted by Crippen LogP contribution is 2.54. The first-order valence-electron chi connectivity index (χ1n) is 21.5. The minimum Gasteiger partial charge on any atom is -0.310 e. The van der Waals surface area contributed by atoms with Crippen molar-refractivity contribution in [3.8, 4) is 66.8 Å². The minimum atomic E-state index is -0.193. The van der Waals surface area contributed by atoms with E-state index in [1.54, 1.807) is 0 Å². The third-order valence-electron chi connectivity index (χ3n) is 13.5. The summed E-state index contributed by atoms with van der Waals surface area (Å²) in [5, 5.41) is 0. The van der Waals surface area contributed by atoms with E-state index in [-0.39, 0.29) is 10.8 Å². The first-order chi connectivity index (χ1) is 29.7. The molecule has 2 aliphatic carbocycles. The molecule has 0 N–H and O–H groups in total. The lowest BCUT2D eigenvalue weighted by atomic mass is 9.81. The second-order valence-corrected chi connectivity index (χ2v) is 17.8. The van der Waals surface area contributed by atoms with Gasteiger partial charge in [0.25, 0.3) is 0 Å². The molecule has 9 aromatic rings. The van der Waals surface area contributed by atoms with Crippen LogP contribution in [0.3, 0.4) is 0 Å². The van der Waals surface area contributed by atoms with E-state index in [2.05, 4.69) is 245 Å². The Morgan fingerprint density at radius 1 is 0.246 bits per heavy atom. The smallest absolute Gasteiger partial charge is 0.0465 e. The Morgan fingerprint density at radius 3 is 0.902 bits per heavy atom. The van der Waals surface area contributed by atoms with Crippen LogP contribution in [0.1, 0.15) is 49.9 Å². The summed E-state index contributed by atoms with van der Waals surface area (Å²) in [6.07, 6.45) is 0. The van der Waals surface area contributed by atoms with E-state index in [0.717, 1.165) is 17.1 Å². The van der Waals surface area contributed by atoms with Gasteiger partial charge in [-0.15, -0.1) is 0 Å². The molecule has 0 saturated heterocycles. The minimum absolute atomic E-state index is 0.171. The summed E-state index contributed by atoms with van der Waals surface area (Å²) < 4.78 is 0. The standard InChI is InChI=1S/C60H47N/c1-59(2)55-36-46(42-18-12-7-13-19-42)26-32-51(55)53-34-30-49(38-57(53)59)61(48-28-24-44(25-29-48)41-16-10-6-11-17-41)50-31-35-54-52-33-27-47(37-56(52)60(3,4)58(54)39-50)45-22-20-43(21-23-45)40-14-8-5-9-15-40/h5-39H,1-4H3. The van der Waals surface area contributed by atoms with E-state index in [0.29, 0.717) is 0 Å². The van der Waals surface area contributed by atoms with E-state index in [1.807, 2.05) is 0 Å². The van der Waals surface area contributed by atoms with Gasteiger partial charge in [0.15, 0.2) is 0 Å². The fourth-order valence-electron chi connectivity index (χ4n) is 10.1. The summed E-state index contributed by atoms with van der Waals surface area (Å²) in [6, 6.07) is 78.4. The first-order valence-corrected chi connectivity index (χ1v) is 21.5. The van der Waals surface area contributed by atoms with Gasteiger partial charge in [0.1, 0.15) is 0 Å². The van der Waals surface area contributed by atoms with Gasteiger partial charge in [-0.3, -0.25) is 0 Å². The molecule has 0 aliphatic heterocycles. The van der Waals surface area contributed by atoms with Crippen LogP contribution in [0.15, 0.2) is 212 Å². The molecule has 1 heteroatoms. The van der Waals surface area contributed by atoms with E-state index >= 15 is 0 Å². The fourth-order valence-corrected chi connectivity index (χ4v) is 10.1. The summed E-state index contributed by atoms with van der Waals surface area (Å²) in [5.41, 5.74) is 23.7. The Balaban J connectivity index is 0.989. The molecular weight excluding hydrogens is 735 g/mol. The van der Waals surface area contributed by atoms with Gasteiger partial charge in [-0.2, -0.15) is 0 Å². The normalized spacial score (nSPS) is 13.8. The Hall–Kier alpha value is -7.22. The molecule has 0 amide bonds. The lowest BCUT2D eigenvalue weighted by molar-refractivity contribution is 0.660. The average molecular weight is 782 g/mol. The summed E-state index contributed by atoms with van der Waals surface area (Å²) in [5.74, 6) is 0. The molecule has 2 aliphatic rings. The molecule has 9 aromatic carbocycles. The van der Waals surface area contributed by atoms with Crippen molar-refractivity contribution in [1.29, 1.82) is 0 Å². The summed E-state index contributed by atoms with van der Waals surface area (Å²) in [6.45, 7) is 9.55. The Bertz CT molecular complexity index is 3080. The molecule has 1 nitrogen and oxygen atoms in total. The van der Waals surface area contributed by atoms with Crippen LogP contribution in [0.2, 0.25) is 0 Å². The molecule has 0 heterocycles. The quantitative estimate of drug-likeness (QED) is 0.156. The van der Waals surface area contributed by atoms with Gasteiger partial charge in [-0.1, -0.05) is 191 Å². The number of hydrogen-bond donors (Lipinski definition) is 0. The SMILES string of the molecule is CC1(C)c2cc(-c3ccccc3)ccc2-c2ccc(N(c3ccc(-c4ccccc4)cc3)c3ccc4c(c3)C(C)(C)c3cc(-c5ccc(-c6ccccc6)cc5)ccc3-4)cc21. The molecule has 0 aromatic heterocycles. The Kier molecular flexibility index (Phi) is 8.58. The number of benzene rings is 9. The third-order valence-corrected chi connectivity index (χ3v) is 13.5. The lowest BCUT2D eigenvalue weighted by Crippen LogP contribution is -2.18. The molecule has 0 unspecified atom stereocenters. The van der Waals surface area contributed by atoms with Crippen molar-refractivity contribution in [2.24, 2.45) is 0 Å². The van der Waals surface area contributed by atoms with Crippen LogP contribution < -0.4 is 4.90 Å². The van der Waals surface area contributed by atoms with E-state index < -0.39 is 0 Å². The van der Waals surface area contributed by atoms with Crippen molar-refractivity contribution >= 4 is 17.1 Å². The molecule has 61 heavy (non-hydrogen) atoms. The van der Waals surface area contributed by atoms with E-state index in [1.165, 1.54) is 89.0 Å². The van der Waals surface area contributed by atoms with Crippen LogP contribution in [0.4, 0.5) is 17.1 Å². The fraction of sp³-hybridized carbons (Fsp3) is 0.100. The predicted octanol–water partition coefficient (Wildman–Crippen LogP) is 16.4. The highest BCUT2D eigenvalue weighted by atomic mass is 15.1. The number of fused-ring (bicyclic) bond motifs is 6. The van der Waals surface area contributed by atoms with Gasteiger partial charge in [-0.25, -0.2) is 0 Å². The van der Waals surface area contributed by atoms with Crippen molar-refractivity contribution in [2.75, 3.05) is 4.90 Å². The first kappa shape index (κ1) is 36.8. The molecule has 11 rings (SSSR count). The number of anilines is 3. The number of nitrogens with zero attached hydrogens (tertiary/aromatic N) is 1. The zero-order valence-electron chi connectivity index (χ0n) is 35.2. The van der Waals surface area contributed by atoms with Crippen LogP contribution in [0.25, 0.3) is 66.8 Å². The van der Waals surface area contributed by atoms with Crippen LogP contribution >= 0.6 is 0 Å². The highest BCUT2D eigenvalue weighted by molar-refractivity contribution is 5.90. The lowest BCUT2D eigenvalue weighted by Gasteiger charge is -2.30. The second kappa shape index (κ2) is 14.2. The third kappa shape index (κ3) is 6.15. The predicted molar refractivity (Wildman–Crippen MR) is 258 cm³/mol. The topological polar surface area (TPSA) is 3.24 Å². The summed E-state index contributed by atoms with van der Waals surface area (Å²) in [7, 11) is 0. The molecular formula is C60H47N. The molecule has 0 fully saturated rings. The van der Waals surface area contributed by atoms with Crippen molar-refractivity contribution in [1.82, 2.24) is 0 Å². The molecule has 0 spiro atoms. The molecule has 292 valence electrons. The maximum atomic E-state index is 2.46. The van der Waals surface area contributed by atoms with Crippen LogP contribution in [0.5, 0.6) is 0 Å². The molecule has 0 bridgehead atoms. The Labute approximate surface area is 360 Å². The van der Waals surface area contributed by atoms with Gasteiger partial charge in [0.2, 0.25) is 0 Å². The van der Waals surface area contributed by atoms with Gasteiger partial charge in [-0.05, 0) is 138 Å². The van der Waals surface area contributed by atoms with Crippen molar-refractivity contribution in [3.63, 3.8) is 0 Å². The molecule has 0 radical (unpaired) electrons. The summed E-state index contributed by atoms with van der Waals surface area (Å²) >= 11 is 0. The van der Waals surface area contributed by atoms with Crippen molar-refractivity contribution < 1.29 is 0 Å². The van der Waals surface area contributed by atoms with Gasteiger partial charge < -0.3 is 4.90 Å². The van der Waals surface area contributed by atoms with Gasteiger partial charge in [0, 0.05) is 27.9 Å². The largest absolute Gasteiger partial charge is 0.310 e. The van der Waals surface area contributed by atoms with Crippen LogP contribution in [0, 0.1) is 0 Å². The maximum Gasteiger partial charge on any atom is 0.0465 e. The maximum absolute atomic E-state index is 2.46. The van der Waals surface area contributed by atoms with Crippen molar-refractivity contribution in [2.45, 2.75) is 38.5 Å². The van der Waals surface area contributed by atoms with Crippen LogP contribution in [-0.4, -0.2) is 0 Å². The van der Waals surface area contributed by atoms with Gasteiger partial charge >= 0.3 is 0 Å². The molecule has 0 atom stereocenters. The van der Waals surface area contributed by atoms with Gasteiger partial charge in [0.05, 0.1) is 0 Å². The molecule has 0 saturated carbocycles. The highest BCUT2D eigenvalue weighted by Gasteiger charge is 2.38. The second-order valence-electron chi connectivity index (χ2n) is 17.8. The average Bonchev–Trinajstić information content (AvgIpc) is 3.68. The van der Waals surface area contributed by atoms with Crippen LogP contribution in [-0.2, 0) is 10.8 Å².